The molecule has 1 nitrogen and oxygen atoms in total. The van der Waals surface area contributed by atoms with Crippen LogP contribution in [0.2, 0.25) is 16.1 Å². The van der Waals surface area contributed by atoms with Gasteiger partial charge in [-0.15, -0.1) is 0 Å². The fourth-order valence-electron chi connectivity index (χ4n) is 4.68. The van der Waals surface area contributed by atoms with Gasteiger partial charge in [0.05, 0.1) is 0 Å². The van der Waals surface area contributed by atoms with Gasteiger partial charge in [0.15, 0.2) is 8.07 Å². The second kappa shape index (κ2) is 7.56. The number of rotatable bonds is 3. The number of hydrogen-bond donors (Lipinski definition) is 0. The van der Waals surface area contributed by atoms with Gasteiger partial charge in [-0.25, -0.2) is 5.26 Å². The van der Waals surface area contributed by atoms with Gasteiger partial charge < -0.3 is 0 Å². The van der Waals surface area contributed by atoms with E-state index in [9.17, 15) is 5.26 Å². The molecule has 0 aliphatic heterocycles. The summed E-state index contributed by atoms with van der Waals surface area (Å²) >= 11 is 0. The molecule has 0 saturated heterocycles. The molecule has 29 heavy (non-hydrogen) atoms. The lowest BCUT2D eigenvalue weighted by atomic mass is 9.75. The Morgan fingerprint density at radius 1 is 0.621 bits per heavy atom. The molecule has 0 unspecified atom stereocenters. The molecule has 0 N–H and O–H groups in total. The first kappa shape index (κ1) is 26.0. The van der Waals surface area contributed by atoms with Crippen LogP contribution in [0.5, 0.6) is 0 Å². The smallest absolute Gasteiger partial charge is 0.185 e. The molecule has 1 aromatic carbocycles. The van der Waals surface area contributed by atoms with E-state index in [4.69, 9.17) is 0 Å². The summed E-state index contributed by atoms with van der Waals surface area (Å²) in [5.41, 5.74) is 7.27. The van der Waals surface area contributed by atoms with Gasteiger partial charge >= 0.3 is 0 Å². The lowest BCUT2D eigenvalue weighted by Crippen LogP contribution is -2.54. The van der Waals surface area contributed by atoms with Crippen LogP contribution in [0.25, 0.3) is 0 Å². The summed E-state index contributed by atoms with van der Waals surface area (Å²) in [6.07, 6.45) is 0. The van der Waals surface area contributed by atoms with E-state index >= 15 is 0 Å². The van der Waals surface area contributed by atoms with E-state index in [-0.39, 0.29) is 26.3 Å². The maximum Gasteiger partial charge on any atom is 0.185 e. The van der Waals surface area contributed by atoms with Gasteiger partial charge in [-0.3, -0.25) is 0 Å². The molecule has 2 heteroatoms. The van der Waals surface area contributed by atoms with Crippen molar-refractivity contribution in [2.45, 2.75) is 129 Å². The fourth-order valence-corrected chi connectivity index (χ4v) is 10.3. The number of hydrogen-bond acceptors (Lipinski definition) is 1. The van der Waals surface area contributed by atoms with Crippen LogP contribution in [0.4, 0.5) is 0 Å². The normalized spacial score (nSPS) is 14.7. The molecule has 0 aliphatic carbocycles. The third-order valence-electron chi connectivity index (χ3n) is 6.91. The Hall–Kier alpha value is -1.07. The van der Waals surface area contributed by atoms with Crippen LogP contribution in [0, 0.1) is 11.0 Å². The molecule has 0 saturated carbocycles. The molecule has 0 fully saturated rings. The van der Waals surface area contributed by atoms with Crippen LogP contribution in [0.15, 0.2) is 18.2 Å². The first-order chi connectivity index (χ1) is 12.6. The predicted octanol–water partition coefficient (Wildman–Crippen LogP) is 8.67. The van der Waals surface area contributed by atoms with E-state index in [1.807, 2.05) is 0 Å². The molecule has 0 radical (unpaired) electrons. The maximum absolute atomic E-state index is 10.5. The Labute approximate surface area is 183 Å². The van der Waals surface area contributed by atoms with Crippen LogP contribution >= 0.6 is 0 Å². The molecule has 1 aromatic rings. The molecule has 0 atom stereocenters. The van der Waals surface area contributed by atoms with Crippen LogP contribution in [0.3, 0.4) is 0 Å². The lowest BCUT2D eigenvalue weighted by molar-refractivity contribution is 0.521. The highest BCUT2D eigenvalue weighted by Gasteiger charge is 2.56. The standard InChI is InChI=1S/C27H47NSi/c1-23(2,3)20-15-21(24(4,5)6)17-22(16-20)27(13,14)18-29(19-28,25(7,8)9)26(10,11)12/h15-17H,18H2,1-14H3. The van der Waals surface area contributed by atoms with Gasteiger partial charge in [-0.1, -0.05) is 115 Å². The van der Waals surface area contributed by atoms with Crippen molar-refractivity contribution in [1.29, 1.82) is 5.26 Å². The number of nitriles is 1. The minimum atomic E-state index is -2.31. The molecule has 0 aromatic heterocycles. The minimum Gasteiger partial charge on any atom is -0.207 e. The first-order valence-corrected chi connectivity index (χ1v) is 13.4. The summed E-state index contributed by atoms with van der Waals surface area (Å²) in [4.78, 5) is 0. The minimum absolute atomic E-state index is 0.0196. The van der Waals surface area contributed by atoms with Gasteiger partial charge in [-0.2, -0.15) is 0 Å². The van der Waals surface area contributed by atoms with Crippen molar-refractivity contribution in [3.8, 4) is 5.69 Å². The van der Waals surface area contributed by atoms with Crippen molar-refractivity contribution in [3.63, 3.8) is 0 Å². The summed E-state index contributed by atoms with van der Waals surface area (Å²) in [5.74, 6) is 0. The zero-order chi connectivity index (χ0) is 23.3. The SMILES string of the molecule is CC(C)(C)c1cc(C(C)(C)C)cc(C(C)(C)C[Si](C#N)(C(C)(C)C)C(C)(C)C)c1. The Balaban J connectivity index is 3.74. The average Bonchev–Trinajstić information content (AvgIpc) is 2.48. The van der Waals surface area contributed by atoms with Crippen molar-refractivity contribution < 1.29 is 0 Å². The zero-order valence-corrected chi connectivity index (χ0v) is 22.9. The third kappa shape index (κ3) is 5.35. The number of benzene rings is 1. The Bertz CT molecular complexity index is 719. The molecule has 0 spiro atoms. The second-order valence-electron chi connectivity index (χ2n) is 13.9. The summed E-state index contributed by atoms with van der Waals surface area (Å²) in [7, 11) is -2.31. The van der Waals surface area contributed by atoms with Crippen molar-refractivity contribution in [2.75, 3.05) is 0 Å². The predicted molar refractivity (Wildman–Crippen MR) is 132 cm³/mol. The molecular formula is C27H47NSi. The van der Waals surface area contributed by atoms with Crippen LogP contribution in [0.1, 0.15) is 114 Å². The number of nitrogens with zero attached hydrogens (tertiary/aromatic N) is 1. The molecule has 0 heterocycles. The van der Waals surface area contributed by atoms with Crippen LogP contribution < -0.4 is 0 Å². The van der Waals surface area contributed by atoms with Gasteiger partial charge in [0.25, 0.3) is 0 Å². The van der Waals surface area contributed by atoms with E-state index in [2.05, 4.69) is 121 Å². The summed E-state index contributed by atoms with van der Waals surface area (Å²) in [6, 6.07) is 8.19. The Kier molecular flexibility index (Phi) is 6.77. The van der Waals surface area contributed by atoms with Gasteiger partial charge in [-0.05, 0) is 49.1 Å². The van der Waals surface area contributed by atoms with Gasteiger partial charge in [0.2, 0.25) is 0 Å². The Morgan fingerprint density at radius 2 is 0.931 bits per heavy atom. The fraction of sp³-hybridized carbons (Fsp3) is 0.741. The summed E-state index contributed by atoms with van der Waals surface area (Å²) in [6.45, 7) is 32.2. The average molecular weight is 414 g/mol. The van der Waals surface area contributed by atoms with E-state index in [0.717, 1.165) is 6.04 Å². The van der Waals surface area contributed by atoms with Crippen molar-refractivity contribution in [3.05, 3.63) is 34.9 Å². The zero-order valence-electron chi connectivity index (χ0n) is 21.9. The van der Waals surface area contributed by atoms with E-state index in [0.29, 0.717) is 0 Å². The van der Waals surface area contributed by atoms with Crippen LogP contribution in [-0.4, -0.2) is 8.07 Å². The molecule has 0 aliphatic rings. The highest BCUT2D eigenvalue weighted by molar-refractivity contribution is 6.91. The quantitative estimate of drug-likeness (QED) is 0.455. The molecular weight excluding hydrogens is 366 g/mol. The summed E-state index contributed by atoms with van der Waals surface area (Å²) in [5, 5.41) is 10.6. The first-order valence-electron chi connectivity index (χ1n) is 11.2. The van der Waals surface area contributed by atoms with Crippen molar-refractivity contribution >= 4 is 8.07 Å². The molecule has 0 bridgehead atoms. The summed E-state index contributed by atoms with van der Waals surface area (Å²) < 4.78 is 0. The van der Waals surface area contributed by atoms with Crippen LogP contribution in [-0.2, 0) is 16.2 Å². The second-order valence-corrected chi connectivity index (χ2v) is 19.3. The third-order valence-corrected chi connectivity index (χ3v) is 13.8. The van der Waals surface area contributed by atoms with Gasteiger partial charge in [0, 0.05) is 5.69 Å². The topological polar surface area (TPSA) is 23.8 Å². The van der Waals surface area contributed by atoms with E-state index in [1.165, 1.54) is 16.7 Å². The Morgan fingerprint density at radius 3 is 1.17 bits per heavy atom. The highest BCUT2D eigenvalue weighted by Crippen LogP contribution is 2.56. The molecule has 0 amide bonds. The lowest BCUT2D eigenvalue weighted by Gasteiger charge is -2.50. The van der Waals surface area contributed by atoms with Crippen molar-refractivity contribution in [1.82, 2.24) is 0 Å². The van der Waals surface area contributed by atoms with Crippen molar-refractivity contribution in [2.24, 2.45) is 0 Å². The van der Waals surface area contributed by atoms with Gasteiger partial charge in [0.1, 0.15) is 0 Å². The molecule has 164 valence electrons. The molecule has 1 rings (SSSR count). The largest absolute Gasteiger partial charge is 0.207 e. The highest BCUT2D eigenvalue weighted by atomic mass is 28.3. The monoisotopic (exact) mass is 413 g/mol. The van der Waals surface area contributed by atoms with E-state index in [1.54, 1.807) is 0 Å². The van der Waals surface area contributed by atoms with E-state index < -0.39 is 8.07 Å². The maximum atomic E-state index is 10.5.